The fraction of sp³-hybridized carbons (Fsp3) is 0.444. The second kappa shape index (κ2) is 5.20. The van der Waals surface area contributed by atoms with Crippen LogP contribution in [-0.4, -0.2) is 27.2 Å². The molecule has 90 valence electrons. The van der Waals surface area contributed by atoms with E-state index in [9.17, 15) is 13.0 Å². The van der Waals surface area contributed by atoms with Gasteiger partial charge in [-0.05, 0) is 6.92 Å². The zero-order valence-corrected chi connectivity index (χ0v) is 9.78. The summed E-state index contributed by atoms with van der Waals surface area (Å²) in [6, 6.07) is 0.429. The molecule has 4 nitrogen and oxygen atoms in total. The number of pyridine rings is 1. The highest BCUT2D eigenvalue weighted by Gasteiger charge is 2.12. The normalized spacial score (nSPS) is 14.5. The second-order valence-electron chi connectivity index (χ2n) is 3.47. The predicted molar refractivity (Wildman–Crippen MR) is 60.6 cm³/mol. The third-order valence-electron chi connectivity index (χ3n) is 1.82. The van der Waals surface area contributed by atoms with E-state index < -0.39 is 22.4 Å². The van der Waals surface area contributed by atoms with Crippen LogP contribution < -0.4 is 11.1 Å². The Bertz CT molecular complexity index is 414. The first-order valence-electron chi connectivity index (χ1n) is 4.58. The highest BCUT2D eigenvalue weighted by atomic mass is 32.2. The van der Waals surface area contributed by atoms with E-state index in [1.165, 1.54) is 0 Å². The van der Waals surface area contributed by atoms with Gasteiger partial charge in [-0.2, -0.15) is 0 Å². The van der Waals surface area contributed by atoms with Crippen LogP contribution in [0.5, 0.6) is 0 Å². The van der Waals surface area contributed by atoms with Crippen LogP contribution in [0.25, 0.3) is 0 Å². The van der Waals surface area contributed by atoms with Crippen molar-refractivity contribution in [3.63, 3.8) is 0 Å². The zero-order chi connectivity index (χ0) is 12.3. The lowest BCUT2D eigenvalue weighted by Crippen LogP contribution is -2.23. The third-order valence-corrected chi connectivity index (χ3v) is 2.79. The van der Waals surface area contributed by atoms with Crippen LogP contribution in [0.3, 0.4) is 0 Å². The summed E-state index contributed by atoms with van der Waals surface area (Å²) in [5.41, 5.74) is 5.21. The Labute approximate surface area is 94.7 Å². The molecule has 0 saturated heterocycles. The topological polar surface area (TPSA) is 68.0 Å². The number of nitrogens with two attached hydrogens (primary N) is 1. The summed E-state index contributed by atoms with van der Waals surface area (Å²) in [6.07, 6.45) is 1.54. The van der Waals surface area contributed by atoms with Crippen LogP contribution in [-0.2, 0) is 10.8 Å². The first-order valence-corrected chi connectivity index (χ1v) is 6.31. The van der Waals surface area contributed by atoms with E-state index in [0.717, 1.165) is 0 Å². The Kier molecular flexibility index (Phi) is 4.17. The summed E-state index contributed by atoms with van der Waals surface area (Å²) >= 11 is 0. The number of nitrogens with one attached hydrogen (secondary N) is 1. The molecular formula is C9H13F2N3OS. The lowest BCUT2D eigenvalue weighted by atomic mass is 10.3. The maximum atomic E-state index is 13.2. The molecule has 0 aliphatic carbocycles. The van der Waals surface area contributed by atoms with Gasteiger partial charge in [-0.15, -0.1) is 0 Å². The van der Waals surface area contributed by atoms with Crippen molar-refractivity contribution in [1.82, 2.24) is 4.98 Å². The number of nitrogen functional groups attached to an aromatic ring is 1. The smallest absolute Gasteiger partial charge is 0.168 e. The molecule has 2 atom stereocenters. The van der Waals surface area contributed by atoms with Crippen LogP contribution in [0.2, 0.25) is 0 Å². The molecule has 0 bridgehead atoms. The van der Waals surface area contributed by atoms with E-state index in [-0.39, 0.29) is 17.7 Å². The van der Waals surface area contributed by atoms with Crippen molar-refractivity contribution in [2.24, 2.45) is 0 Å². The van der Waals surface area contributed by atoms with Crippen molar-refractivity contribution in [2.75, 3.05) is 23.1 Å². The van der Waals surface area contributed by atoms with Crippen molar-refractivity contribution in [3.05, 3.63) is 17.7 Å². The quantitative estimate of drug-likeness (QED) is 0.839. The van der Waals surface area contributed by atoms with E-state index in [1.54, 1.807) is 13.2 Å². The molecule has 1 aromatic heterocycles. The van der Waals surface area contributed by atoms with E-state index in [0.29, 0.717) is 11.8 Å². The van der Waals surface area contributed by atoms with Crippen molar-refractivity contribution in [1.29, 1.82) is 0 Å². The molecule has 2 unspecified atom stereocenters. The average Bonchev–Trinajstić information content (AvgIpc) is 2.12. The Morgan fingerprint density at radius 3 is 2.75 bits per heavy atom. The van der Waals surface area contributed by atoms with Crippen molar-refractivity contribution >= 4 is 22.4 Å². The molecule has 0 saturated carbocycles. The Morgan fingerprint density at radius 1 is 1.56 bits per heavy atom. The minimum atomic E-state index is -1.00. The Balaban J connectivity index is 2.81. The monoisotopic (exact) mass is 249 g/mol. The molecule has 1 rings (SSSR count). The summed E-state index contributed by atoms with van der Waals surface area (Å²) in [5, 5.41) is 2.68. The number of halogens is 2. The first-order chi connectivity index (χ1) is 7.40. The predicted octanol–water partition coefficient (Wildman–Crippen LogP) is 1.12. The van der Waals surface area contributed by atoms with Gasteiger partial charge in [0.05, 0.1) is 0 Å². The molecular weight excluding hydrogens is 236 g/mol. The molecule has 1 heterocycles. The summed E-state index contributed by atoms with van der Waals surface area (Å²) in [6.45, 7) is 1.72. The van der Waals surface area contributed by atoms with Crippen LogP contribution in [0.1, 0.15) is 6.92 Å². The molecule has 0 amide bonds. The van der Waals surface area contributed by atoms with Gasteiger partial charge in [0, 0.05) is 34.9 Å². The van der Waals surface area contributed by atoms with E-state index >= 15 is 0 Å². The number of rotatable bonds is 4. The fourth-order valence-corrected chi connectivity index (χ4v) is 2.00. The second-order valence-corrected chi connectivity index (χ2v) is 4.95. The van der Waals surface area contributed by atoms with Crippen molar-refractivity contribution < 1.29 is 13.0 Å². The van der Waals surface area contributed by atoms with E-state index in [1.807, 2.05) is 0 Å². The Hall–Kier alpha value is -1.24. The average molecular weight is 249 g/mol. The van der Waals surface area contributed by atoms with Gasteiger partial charge in [-0.3, -0.25) is 4.21 Å². The highest BCUT2D eigenvalue weighted by Crippen LogP contribution is 2.17. The first kappa shape index (κ1) is 12.8. The van der Waals surface area contributed by atoms with Gasteiger partial charge in [0.15, 0.2) is 23.3 Å². The lowest BCUT2D eigenvalue weighted by molar-refractivity contribution is 0.578. The number of hydrogen-bond donors (Lipinski definition) is 2. The molecule has 0 aliphatic heterocycles. The maximum Gasteiger partial charge on any atom is 0.168 e. The van der Waals surface area contributed by atoms with Gasteiger partial charge in [0.2, 0.25) is 0 Å². The molecule has 7 heteroatoms. The van der Waals surface area contributed by atoms with Crippen LogP contribution in [0, 0.1) is 11.6 Å². The van der Waals surface area contributed by atoms with Gasteiger partial charge in [0.25, 0.3) is 0 Å². The minimum absolute atomic E-state index is 0.128. The molecule has 3 N–H and O–H groups in total. The fourth-order valence-electron chi connectivity index (χ4n) is 1.21. The van der Waals surface area contributed by atoms with Gasteiger partial charge >= 0.3 is 0 Å². The number of nitrogens with zero attached hydrogens (tertiary/aromatic N) is 1. The van der Waals surface area contributed by atoms with Gasteiger partial charge in [0.1, 0.15) is 0 Å². The molecule has 0 aromatic carbocycles. The van der Waals surface area contributed by atoms with Gasteiger partial charge in [-0.1, -0.05) is 0 Å². The minimum Gasteiger partial charge on any atom is -0.381 e. The van der Waals surface area contributed by atoms with E-state index in [4.69, 9.17) is 5.73 Å². The lowest BCUT2D eigenvalue weighted by Gasteiger charge is -2.14. The SMILES string of the molecule is CC(CS(C)=O)Nc1nc(N)c(F)cc1F. The molecule has 1 aromatic rings. The number of anilines is 2. The standard InChI is InChI=1S/C9H13F2N3OS/c1-5(4-16(2)15)13-9-7(11)3-6(10)8(12)14-9/h3,5H,4H2,1-2H3,(H3,12,13,14). The van der Waals surface area contributed by atoms with Crippen molar-refractivity contribution in [3.8, 4) is 0 Å². The zero-order valence-electron chi connectivity index (χ0n) is 8.96. The van der Waals surface area contributed by atoms with Crippen LogP contribution in [0.4, 0.5) is 20.4 Å². The molecule has 0 aliphatic rings. The molecule has 0 fully saturated rings. The number of hydrogen-bond acceptors (Lipinski definition) is 4. The largest absolute Gasteiger partial charge is 0.381 e. The van der Waals surface area contributed by atoms with Crippen molar-refractivity contribution in [2.45, 2.75) is 13.0 Å². The highest BCUT2D eigenvalue weighted by molar-refractivity contribution is 7.84. The summed E-state index contributed by atoms with van der Waals surface area (Å²) in [4.78, 5) is 3.54. The maximum absolute atomic E-state index is 13.2. The van der Waals surface area contributed by atoms with Crippen LogP contribution >= 0.6 is 0 Å². The van der Waals surface area contributed by atoms with Gasteiger partial charge in [-0.25, -0.2) is 13.8 Å². The molecule has 0 spiro atoms. The summed E-state index contributed by atoms with van der Waals surface area (Å²) < 4.78 is 37.0. The molecule has 16 heavy (non-hydrogen) atoms. The van der Waals surface area contributed by atoms with E-state index in [2.05, 4.69) is 10.3 Å². The van der Waals surface area contributed by atoms with Crippen LogP contribution in [0.15, 0.2) is 6.07 Å². The molecule has 0 radical (unpaired) electrons. The van der Waals surface area contributed by atoms with Gasteiger partial charge < -0.3 is 11.1 Å². The Morgan fingerprint density at radius 2 is 2.19 bits per heavy atom. The third kappa shape index (κ3) is 3.41. The summed E-state index contributed by atoms with van der Waals surface area (Å²) in [5.74, 6) is -1.86. The summed E-state index contributed by atoms with van der Waals surface area (Å²) in [7, 11) is -1.00. The number of aromatic nitrogens is 1.